The molecule has 3 nitrogen and oxygen atoms in total. The van der Waals surface area contributed by atoms with Crippen molar-refractivity contribution in [3.05, 3.63) is 29.3 Å². The van der Waals surface area contributed by atoms with Gasteiger partial charge in [-0.2, -0.15) is 0 Å². The molecule has 0 saturated carbocycles. The molecule has 1 N–H and O–H groups in total. The second-order valence-corrected chi connectivity index (χ2v) is 6.51. The van der Waals surface area contributed by atoms with Gasteiger partial charge < -0.3 is 10.1 Å². The molecule has 0 amide bonds. The van der Waals surface area contributed by atoms with Crippen molar-refractivity contribution >= 4 is 0 Å². The lowest BCUT2D eigenvalue weighted by Gasteiger charge is -2.34. The molecule has 0 unspecified atom stereocenters. The maximum atomic E-state index is 5.34. The van der Waals surface area contributed by atoms with E-state index in [1.54, 1.807) is 7.11 Å². The van der Waals surface area contributed by atoms with Crippen LogP contribution in [0.2, 0.25) is 0 Å². The van der Waals surface area contributed by atoms with Crippen LogP contribution in [0.5, 0.6) is 5.75 Å². The molecule has 3 rings (SSSR count). The van der Waals surface area contributed by atoms with Crippen molar-refractivity contribution in [3.63, 3.8) is 0 Å². The van der Waals surface area contributed by atoms with Crippen molar-refractivity contribution < 1.29 is 4.74 Å². The van der Waals surface area contributed by atoms with Crippen LogP contribution < -0.4 is 10.1 Å². The van der Waals surface area contributed by atoms with Gasteiger partial charge in [-0.15, -0.1) is 0 Å². The van der Waals surface area contributed by atoms with Crippen LogP contribution in [0.1, 0.15) is 30.4 Å². The number of ether oxygens (including phenoxy) is 1. The number of rotatable bonds is 3. The zero-order chi connectivity index (χ0) is 14.0. The third-order valence-corrected chi connectivity index (χ3v) is 5.05. The molecule has 2 fully saturated rings. The topological polar surface area (TPSA) is 24.5 Å². The molecule has 110 valence electrons. The zero-order valence-electron chi connectivity index (χ0n) is 12.7. The summed E-state index contributed by atoms with van der Waals surface area (Å²) in [5, 5.41) is 3.49. The van der Waals surface area contributed by atoms with Gasteiger partial charge in [-0.1, -0.05) is 12.1 Å². The summed E-state index contributed by atoms with van der Waals surface area (Å²) >= 11 is 0. The fraction of sp³-hybridized carbons (Fsp3) is 0.647. The largest absolute Gasteiger partial charge is 0.496 e. The van der Waals surface area contributed by atoms with E-state index >= 15 is 0 Å². The van der Waals surface area contributed by atoms with E-state index in [0.29, 0.717) is 5.41 Å². The lowest BCUT2D eigenvalue weighted by molar-refractivity contribution is 0.194. The number of hydrogen-bond acceptors (Lipinski definition) is 3. The standard InChI is InChI=1S/C17H26N2O/c1-14-11-15(3-4-16(14)20-2)12-19-10-7-17(13-19)5-8-18-9-6-17/h3-4,11,18H,5-10,12-13H2,1-2H3. The zero-order valence-corrected chi connectivity index (χ0v) is 12.7. The number of likely N-dealkylation sites (tertiary alicyclic amines) is 1. The molecule has 3 heteroatoms. The monoisotopic (exact) mass is 274 g/mol. The quantitative estimate of drug-likeness (QED) is 0.917. The van der Waals surface area contributed by atoms with Crippen LogP contribution in [0.25, 0.3) is 0 Å². The highest BCUT2D eigenvalue weighted by atomic mass is 16.5. The average molecular weight is 274 g/mol. The molecule has 0 aliphatic carbocycles. The summed E-state index contributed by atoms with van der Waals surface area (Å²) in [7, 11) is 1.74. The Morgan fingerprint density at radius 1 is 1.25 bits per heavy atom. The van der Waals surface area contributed by atoms with E-state index in [9.17, 15) is 0 Å². The molecule has 20 heavy (non-hydrogen) atoms. The Morgan fingerprint density at radius 2 is 2.05 bits per heavy atom. The van der Waals surface area contributed by atoms with Gasteiger partial charge in [0.1, 0.15) is 5.75 Å². The van der Waals surface area contributed by atoms with E-state index in [2.05, 4.69) is 35.3 Å². The molecular weight excluding hydrogens is 248 g/mol. The summed E-state index contributed by atoms with van der Waals surface area (Å²) in [5.41, 5.74) is 3.25. The molecule has 2 aliphatic rings. The Kier molecular flexibility index (Phi) is 3.99. The second kappa shape index (κ2) is 5.74. The van der Waals surface area contributed by atoms with Gasteiger partial charge in [-0.3, -0.25) is 4.90 Å². The first kappa shape index (κ1) is 13.9. The highest BCUT2D eigenvalue weighted by molar-refractivity contribution is 5.36. The van der Waals surface area contributed by atoms with Gasteiger partial charge in [0, 0.05) is 13.1 Å². The van der Waals surface area contributed by atoms with Gasteiger partial charge in [0.2, 0.25) is 0 Å². The van der Waals surface area contributed by atoms with Crippen molar-refractivity contribution in [2.75, 3.05) is 33.3 Å². The minimum Gasteiger partial charge on any atom is -0.496 e. The Balaban J connectivity index is 1.63. The van der Waals surface area contributed by atoms with Crippen LogP contribution in [0.3, 0.4) is 0 Å². The van der Waals surface area contributed by atoms with Gasteiger partial charge >= 0.3 is 0 Å². The van der Waals surface area contributed by atoms with Crippen LogP contribution in [0, 0.1) is 12.3 Å². The summed E-state index contributed by atoms with van der Waals surface area (Å²) in [5.74, 6) is 0.991. The van der Waals surface area contributed by atoms with Gasteiger partial charge in [-0.05, 0) is 68.4 Å². The molecule has 0 bridgehead atoms. The first-order chi connectivity index (χ1) is 9.71. The Bertz CT molecular complexity index is 466. The summed E-state index contributed by atoms with van der Waals surface area (Å²) in [4.78, 5) is 2.63. The van der Waals surface area contributed by atoms with Crippen molar-refractivity contribution in [1.29, 1.82) is 0 Å². The third kappa shape index (κ3) is 2.84. The van der Waals surface area contributed by atoms with Gasteiger partial charge in [0.05, 0.1) is 7.11 Å². The fourth-order valence-corrected chi connectivity index (χ4v) is 3.83. The van der Waals surface area contributed by atoms with Crippen LogP contribution in [0.4, 0.5) is 0 Å². The first-order valence-corrected chi connectivity index (χ1v) is 7.77. The molecule has 1 spiro atoms. The van der Waals surface area contributed by atoms with Crippen LogP contribution in [-0.2, 0) is 6.54 Å². The van der Waals surface area contributed by atoms with E-state index in [1.165, 1.54) is 56.6 Å². The van der Waals surface area contributed by atoms with E-state index in [4.69, 9.17) is 4.74 Å². The molecule has 2 saturated heterocycles. The Hall–Kier alpha value is -1.06. The van der Waals surface area contributed by atoms with Crippen LogP contribution >= 0.6 is 0 Å². The van der Waals surface area contributed by atoms with E-state index in [-0.39, 0.29) is 0 Å². The minimum absolute atomic E-state index is 0.604. The fourth-order valence-electron chi connectivity index (χ4n) is 3.83. The van der Waals surface area contributed by atoms with Crippen molar-refractivity contribution in [2.24, 2.45) is 5.41 Å². The van der Waals surface area contributed by atoms with E-state index in [1.807, 2.05) is 0 Å². The van der Waals surface area contributed by atoms with E-state index < -0.39 is 0 Å². The third-order valence-electron chi connectivity index (χ3n) is 5.05. The number of nitrogens with one attached hydrogen (secondary N) is 1. The van der Waals surface area contributed by atoms with Gasteiger partial charge in [0.15, 0.2) is 0 Å². The normalized spacial score (nSPS) is 22.3. The highest BCUT2D eigenvalue weighted by Crippen LogP contribution is 2.39. The smallest absolute Gasteiger partial charge is 0.121 e. The Morgan fingerprint density at radius 3 is 2.75 bits per heavy atom. The molecule has 2 heterocycles. The average Bonchev–Trinajstić information content (AvgIpc) is 2.82. The van der Waals surface area contributed by atoms with Gasteiger partial charge in [-0.25, -0.2) is 0 Å². The predicted molar refractivity (Wildman–Crippen MR) is 82.2 cm³/mol. The summed E-state index contributed by atoms with van der Waals surface area (Å²) in [6.45, 7) is 8.15. The molecule has 2 aliphatic heterocycles. The number of benzene rings is 1. The molecular formula is C17H26N2O. The van der Waals surface area contributed by atoms with Crippen LogP contribution in [0.15, 0.2) is 18.2 Å². The molecule has 0 atom stereocenters. The number of aryl methyl sites for hydroxylation is 1. The maximum absolute atomic E-state index is 5.34. The van der Waals surface area contributed by atoms with E-state index in [0.717, 1.165) is 12.3 Å². The molecule has 0 aromatic heterocycles. The molecule has 1 aromatic carbocycles. The summed E-state index contributed by atoms with van der Waals surface area (Å²) in [6.07, 6.45) is 4.08. The lowest BCUT2D eigenvalue weighted by atomic mass is 9.78. The summed E-state index contributed by atoms with van der Waals surface area (Å²) < 4.78 is 5.34. The maximum Gasteiger partial charge on any atom is 0.121 e. The number of hydrogen-bond donors (Lipinski definition) is 1. The summed E-state index contributed by atoms with van der Waals surface area (Å²) in [6, 6.07) is 6.58. The van der Waals surface area contributed by atoms with Gasteiger partial charge in [0.25, 0.3) is 0 Å². The lowest BCUT2D eigenvalue weighted by Crippen LogP contribution is -2.38. The Labute approximate surface area is 122 Å². The SMILES string of the molecule is COc1ccc(CN2CCC3(CCNCC3)C2)cc1C. The number of methoxy groups -OCH3 is 1. The van der Waals surface area contributed by atoms with Crippen molar-refractivity contribution in [2.45, 2.75) is 32.7 Å². The first-order valence-electron chi connectivity index (χ1n) is 7.77. The minimum atomic E-state index is 0.604. The molecule has 1 aromatic rings. The van der Waals surface area contributed by atoms with Crippen molar-refractivity contribution in [3.8, 4) is 5.75 Å². The number of nitrogens with zero attached hydrogens (tertiary/aromatic N) is 1. The van der Waals surface area contributed by atoms with Crippen molar-refractivity contribution in [1.82, 2.24) is 10.2 Å². The number of piperidine rings is 1. The predicted octanol–water partition coefficient (Wildman–Crippen LogP) is 2.58. The van der Waals surface area contributed by atoms with Crippen LogP contribution in [-0.4, -0.2) is 38.2 Å². The molecule has 0 radical (unpaired) electrons. The second-order valence-electron chi connectivity index (χ2n) is 6.51. The highest BCUT2D eigenvalue weighted by Gasteiger charge is 2.38.